The molecule has 3 atom stereocenters. The fourth-order valence-electron chi connectivity index (χ4n) is 2.96. The van der Waals surface area contributed by atoms with Gasteiger partial charge in [-0.05, 0) is 37.6 Å². The number of nitrogens with two attached hydrogens (primary N) is 1. The third-order valence-corrected chi connectivity index (χ3v) is 3.82. The zero-order valence-electron chi connectivity index (χ0n) is 8.71. The van der Waals surface area contributed by atoms with Gasteiger partial charge in [0.2, 0.25) is 0 Å². The Morgan fingerprint density at radius 3 is 2.85 bits per heavy atom. The van der Waals surface area contributed by atoms with Crippen LogP contribution < -0.4 is 5.73 Å². The maximum absolute atomic E-state index is 6.08. The van der Waals surface area contributed by atoms with E-state index in [1.165, 1.54) is 45.3 Å². The minimum atomic E-state index is 0.511. The summed E-state index contributed by atoms with van der Waals surface area (Å²) in [5.74, 6) is 1.77. The van der Waals surface area contributed by atoms with Crippen molar-refractivity contribution >= 4 is 0 Å². The van der Waals surface area contributed by atoms with Crippen LogP contribution in [0.25, 0.3) is 0 Å². The van der Waals surface area contributed by atoms with Crippen LogP contribution >= 0.6 is 0 Å². The normalized spacial score (nSPS) is 39.7. The summed E-state index contributed by atoms with van der Waals surface area (Å²) >= 11 is 0. The lowest BCUT2D eigenvalue weighted by molar-refractivity contribution is 0.301. The number of hydrogen-bond donors (Lipinski definition) is 1. The fourth-order valence-corrected chi connectivity index (χ4v) is 2.96. The highest BCUT2D eigenvalue weighted by Crippen LogP contribution is 2.36. The molecule has 0 aromatic rings. The summed E-state index contributed by atoms with van der Waals surface area (Å²) in [6.45, 7) is 6.18. The van der Waals surface area contributed by atoms with Crippen molar-refractivity contribution in [3.05, 3.63) is 0 Å². The van der Waals surface area contributed by atoms with E-state index < -0.39 is 0 Å². The molecule has 0 bridgehead atoms. The van der Waals surface area contributed by atoms with Crippen LogP contribution in [0.5, 0.6) is 0 Å². The molecule has 0 radical (unpaired) electrons. The van der Waals surface area contributed by atoms with Gasteiger partial charge in [0.15, 0.2) is 0 Å². The Kier molecular flexibility index (Phi) is 2.89. The van der Waals surface area contributed by atoms with E-state index >= 15 is 0 Å². The van der Waals surface area contributed by atoms with Crippen molar-refractivity contribution in [3.63, 3.8) is 0 Å². The van der Waals surface area contributed by atoms with Gasteiger partial charge in [-0.2, -0.15) is 0 Å². The highest BCUT2D eigenvalue weighted by Gasteiger charge is 2.40. The molecule has 2 fully saturated rings. The van der Waals surface area contributed by atoms with Crippen LogP contribution in [0, 0.1) is 11.8 Å². The predicted molar refractivity (Wildman–Crippen MR) is 55.5 cm³/mol. The highest BCUT2D eigenvalue weighted by atomic mass is 15.2. The SMILES string of the molecule is CCCCN1CC2CCC(N)C2C1. The molecule has 1 aliphatic carbocycles. The van der Waals surface area contributed by atoms with Crippen LogP contribution in [-0.2, 0) is 0 Å². The quantitative estimate of drug-likeness (QED) is 0.716. The number of hydrogen-bond acceptors (Lipinski definition) is 2. The first kappa shape index (κ1) is 9.47. The van der Waals surface area contributed by atoms with E-state index in [9.17, 15) is 0 Å². The molecule has 0 spiro atoms. The van der Waals surface area contributed by atoms with E-state index in [-0.39, 0.29) is 0 Å². The topological polar surface area (TPSA) is 29.3 Å². The lowest BCUT2D eigenvalue weighted by atomic mass is 9.98. The molecule has 2 rings (SSSR count). The van der Waals surface area contributed by atoms with Crippen molar-refractivity contribution in [2.45, 2.75) is 38.6 Å². The lowest BCUT2D eigenvalue weighted by Gasteiger charge is -2.17. The molecule has 1 heterocycles. The van der Waals surface area contributed by atoms with Gasteiger partial charge in [0.1, 0.15) is 0 Å². The molecule has 13 heavy (non-hydrogen) atoms. The van der Waals surface area contributed by atoms with E-state index in [2.05, 4.69) is 11.8 Å². The molecule has 2 aliphatic rings. The van der Waals surface area contributed by atoms with Gasteiger partial charge in [-0.25, -0.2) is 0 Å². The number of nitrogens with zero attached hydrogens (tertiary/aromatic N) is 1. The summed E-state index contributed by atoms with van der Waals surface area (Å²) in [4.78, 5) is 2.62. The molecule has 1 aliphatic heterocycles. The molecule has 0 amide bonds. The average molecular weight is 182 g/mol. The van der Waals surface area contributed by atoms with Crippen molar-refractivity contribution in [1.29, 1.82) is 0 Å². The smallest absolute Gasteiger partial charge is 0.00826 e. The van der Waals surface area contributed by atoms with Crippen molar-refractivity contribution in [3.8, 4) is 0 Å². The van der Waals surface area contributed by atoms with Crippen LogP contribution in [-0.4, -0.2) is 30.6 Å². The molecule has 1 saturated heterocycles. The predicted octanol–water partition coefficient (Wildman–Crippen LogP) is 1.46. The van der Waals surface area contributed by atoms with E-state index in [4.69, 9.17) is 5.73 Å². The zero-order chi connectivity index (χ0) is 9.26. The zero-order valence-corrected chi connectivity index (χ0v) is 8.71. The Morgan fingerprint density at radius 2 is 2.15 bits per heavy atom. The monoisotopic (exact) mass is 182 g/mol. The fraction of sp³-hybridized carbons (Fsp3) is 1.00. The second kappa shape index (κ2) is 3.97. The summed E-state index contributed by atoms with van der Waals surface area (Å²) in [5, 5.41) is 0. The summed E-state index contributed by atoms with van der Waals surface area (Å²) in [7, 11) is 0. The maximum Gasteiger partial charge on any atom is 0.00826 e. The molecule has 3 unspecified atom stereocenters. The minimum Gasteiger partial charge on any atom is -0.327 e. The first-order chi connectivity index (χ1) is 6.31. The molecule has 2 N–H and O–H groups in total. The largest absolute Gasteiger partial charge is 0.327 e. The van der Waals surface area contributed by atoms with Gasteiger partial charge in [-0.15, -0.1) is 0 Å². The van der Waals surface area contributed by atoms with Crippen LogP contribution in [0.15, 0.2) is 0 Å². The summed E-state index contributed by atoms with van der Waals surface area (Å²) < 4.78 is 0. The number of likely N-dealkylation sites (tertiary alicyclic amines) is 1. The molecule has 1 saturated carbocycles. The summed E-state index contributed by atoms with van der Waals surface area (Å²) in [6, 6.07) is 0.511. The summed E-state index contributed by atoms with van der Waals surface area (Å²) in [6.07, 6.45) is 5.33. The Labute approximate surface area is 81.5 Å². The molecule has 76 valence electrons. The molecular formula is C11H22N2. The van der Waals surface area contributed by atoms with Gasteiger partial charge in [-0.1, -0.05) is 13.3 Å². The lowest BCUT2D eigenvalue weighted by Crippen LogP contribution is -2.30. The van der Waals surface area contributed by atoms with Crippen LogP contribution in [0.3, 0.4) is 0 Å². The first-order valence-corrected chi connectivity index (χ1v) is 5.79. The van der Waals surface area contributed by atoms with E-state index in [1.807, 2.05) is 0 Å². The minimum absolute atomic E-state index is 0.511. The summed E-state index contributed by atoms with van der Waals surface area (Å²) in [5.41, 5.74) is 6.08. The van der Waals surface area contributed by atoms with Crippen molar-refractivity contribution in [1.82, 2.24) is 4.90 Å². The Morgan fingerprint density at radius 1 is 1.31 bits per heavy atom. The van der Waals surface area contributed by atoms with Gasteiger partial charge in [-0.3, -0.25) is 0 Å². The van der Waals surface area contributed by atoms with Crippen molar-refractivity contribution in [2.24, 2.45) is 17.6 Å². The van der Waals surface area contributed by atoms with Crippen molar-refractivity contribution < 1.29 is 0 Å². The standard InChI is InChI=1S/C11H22N2/c1-2-3-6-13-7-9-4-5-11(12)10(9)8-13/h9-11H,2-8,12H2,1H3. The maximum atomic E-state index is 6.08. The van der Waals surface area contributed by atoms with Gasteiger partial charge < -0.3 is 10.6 Å². The molecule has 2 nitrogen and oxygen atoms in total. The van der Waals surface area contributed by atoms with E-state index in [1.54, 1.807) is 0 Å². The Balaban J connectivity index is 1.81. The van der Waals surface area contributed by atoms with Crippen LogP contribution in [0.2, 0.25) is 0 Å². The third-order valence-electron chi connectivity index (χ3n) is 3.82. The third kappa shape index (κ3) is 1.89. The molecular weight excluding hydrogens is 160 g/mol. The Bertz CT molecular complexity index is 169. The van der Waals surface area contributed by atoms with Crippen LogP contribution in [0.4, 0.5) is 0 Å². The van der Waals surface area contributed by atoms with Gasteiger partial charge in [0.25, 0.3) is 0 Å². The molecule has 0 aromatic carbocycles. The number of unbranched alkanes of at least 4 members (excludes halogenated alkanes) is 1. The first-order valence-electron chi connectivity index (χ1n) is 5.79. The average Bonchev–Trinajstić information content (AvgIpc) is 2.65. The molecule has 2 heteroatoms. The molecule has 0 aromatic heterocycles. The highest BCUT2D eigenvalue weighted by molar-refractivity contribution is 4.95. The van der Waals surface area contributed by atoms with Crippen molar-refractivity contribution in [2.75, 3.05) is 19.6 Å². The number of rotatable bonds is 3. The van der Waals surface area contributed by atoms with E-state index in [0.717, 1.165) is 11.8 Å². The van der Waals surface area contributed by atoms with E-state index in [0.29, 0.717) is 6.04 Å². The second-order valence-corrected chi connectivity index (χ2v) is 4.78. The second-order valence-electron chi connectivity index (χ2n) is 4.78. The van der Waals surface area contributed by atoms with Gasteiger partial charge in [0.05, 0.1) is 0 Å². The number of fused-ring (bicyclic) bond motifs is 1. The Hall–Kier alpha value is -0.0800. The van der Waals surface area contributed by atoms with Crippen LogP contribution in [0.1, 0.15) is 32.6 Å². The van der Waals surface area contributed by atoms with Gasteiger partial charge in [0, 0.05) is 19.1 Å². The van der Waals surface area contributed by atoms with Gasteiger partial charge >= 0.3 is 0 Å².